The number of benzene rings is 1. The number of nitrogens with zero attached hydrogens (tertiary/aromatic N) is 2. The van der Waals surface area contributed by atoms with E-state index in [2.05, 4.69) is 35.8 Å². The summed E-state index contributed by atoms with van der Waals surface area (Å²) in [6, 6.07) is 6.26. The second-order valence-electron chi connectivity index (χ2n) is 8.05. The van der Waals surface area contributed by atoms with E-state index >= 15 is 0 Å². The van der Waals surface area contributed by atoms with E-state index in [9.17, 15) is 9.59 Å². The lowest BCUT2D eigenvalue weighted by Gasteiger charge is -2.25. The van der Waals surface area contributed by atoms with Gasteiger partial charge in [-0.05, 0) is 57.6 Å². The summed E-state index contributed by atoms with van der Waals surface area (Å²) in [5.74, 6) is 1.43. The second kappa shape index (κ2) is 11.0. The number of carbonyl (C=O) groups excluding carboxylic acids is 2. The standard InChI is InChI=1S/C23H34N4O3/c1-3-24-23(25-13-14-27-21(28)9-6-10-22(27)29)26-16-18-12-11-17(2)15-20(18)30-19-7-4-5-8-19/h11-12,15,19H,3-10,13-14,16H2,1-2H3,(H2,24,25,26). The fourth-order valence-electron chi connectivity index (χ4n) is 3.93. The van der Waals surface area contributed by atoms with Gasteiger partial charge in [-0.15, -0.1) is 0 Å². The highest BCUT2D eigenvalue weighted by Gasteiger charge is 2.25. The van der Waals surface area contributed by atoms with E-state index in [-0.39, 0.29) is 11.8 Å². The van der Waals surface area contributed by atoms with Gasteiger partial charge in [-0.1, -0.05) is 12.1 Å². The van der Waals surface area contributed by atoms with Crippen LogP contribution in [0, 0.1) is 6.92 Å². The number of ether oxygens (including phenoxy) is 1. The SMILES string of the molecule is CCNC(=NCc1ccc(C)cc1OC1CCCC1)NCCN1C(=O)CCCC1=O. The molecule has 2 fully saturated rings. The molecule has 1 aliphatic carbocycles. The van der Waals surface area contributed by atoms with E-state index in [1.807, 2.05) is 6.92 Å². The van der Waals surface area contributed by atoms with Crippen molar-refractivity contribution < 1.29 is 14.3 Å². The van der Waals surface area contributed by atoms with Crippen molar-refractivity contribution in [1.29, 1.82) is 0 Å². The average Bonchev–Trinajstić information content (AvgIpc) is 3.22. The van der Waals surface area contributed by atoms with Gasteiger partial charge in [0.15, 0.2) is 5.96 Å². The van der Waals surface area contributed by atoms with Crippen LogP contribution in [-0.4, -0.2) is 48.4 Å². The number of likely N-dealkylation sites (tertiary alicyclic amines) is 1. The van der Waals surface area contributed by atoms with E-state index in [0.29, 0.717) is 51.0 Å². The summed E-state index contributed by atoms with van der Waals surface area (Å²) in [5.41, 5.74) is 2.24. The first-order valence-electron chi connectivity index (χ1n) is 11.2. The number of piperidine rings is 1. The molecule has 164 valence electrons. The molecule has 7 heteroatoms. The van der Waals surface area contributed by atoms with Gasteiger partial charge in [-0.2, -0.15) is 0 Å². The van der Waals surface area contributed by atoms with Gasteiger partial charge in [0.25, 0.3) is 0 Å². The smallest absolute Gasteiger partial charge is 0.229 e. The lowest BCUT2D eigenvalue weighted by Crippen LogP contribution is -2.46. The zero-order chi connectivity index (χ0) is 21.3. The highest BCUT2D eigenvalue weighted by Crippen LogP contribution is 2.28. The van der Waals surface area contributed by atoms with Crippen molar-refractivity contribution in [2.45, 2.75) is 71.4 Å². The first kappa shape index (κ1) is 22.1. The number of hydrogen-bond donors (Lipinski definition) is 2. The van der Waals surface area contributed by atoms with Crippen LogP contribution in [-0.2, 0) is 16.1 Å². The van der Waals surface area contributed by atoms with Crippen molar-refractivity contribution in [3.05, 3.63) is 29.3 Å². The van der Waals surface area contributed by atoms with Crippen LogP contribution in [0.3, 0.4) is 0 Å². The Balaban J connectivity index is 1.60. The minimum Gasteiger partial charge on any atom is -0.490 e. The number of imide groups is 1. The molecule has 2 N–H and O–H groups in total. The largest absolute Gasteiger partial charge is 0.490 e. The lowest BCUT2D eigenvalue weighted by atomic mass is 10.1. The number of aryl methyl sites for hydroxylation is 1. The van der Waals surface area contributed by atoms with E-state index in [1.165, 1.54) is 23.3 Å². The van der Waals surface area contributed by atoms with E-state index < -0.39 is 0 Å². The molecule has 1 saturated heterocycles. The van der Waals surface area contributed by atoms with Gasteiger partial charge in [-0.3, -0.25) is 14.5 Å². The molecule has 2 aliphatic rings. The van der Waals surface area contributed by atoms with Crippen molar-refractivity contribution >= 4 is 17.8 Å². The molecule has 0 atom stereocenters. The molecule has 30 heavy (non-hydrogen) atoms. The number of amides is 2. The van der Waals surface area contributed by atoms with Crippen LogP contribution in [0.2, 0.25) is 0 Å². The lowest BCUT2D eigenvalue weighted by molar-refractivity contribution is -0.147. The summed E-state index contributed by atoms with van der Waals surface area (Å²) in [6.07, 6.45) is 6.59. The molecule has 0 aromatic heterocycles. The molecule has 0 unspecified atom stereocenters. The van der Waals surface area contributed by atoms with Gasteiger partial charge in [0.2, 0.25) is 11.8 Å². The quantitative estimate of drug-likeness (QED) is 0.388. The van der Waals surface area contributed by atoms with E-state index in [0.717, 1.165) is 30.7 Å². The molecule has 1 heterocycles. The van der Waals surface area contributed by atoms with Gasteiger partial charge >= 0.3 is 0 Å². The highest BCUT2D eigenvalue weighted by atomic mass is 16.5. The Bertz CT molecular complexity index is 756. The summed E-state index contributed by atoms with van der Waals surface area (Å²) >= 11 is 0. The van der Waals surface area contributed by atoms with Crippen LogP contribution in [0.15, 0.2) is 23.2 Å². The molecule has 1 aromatic carbocycles. The summed E-state index contributed by atoms with van der Waals surface area (Å²) in [5, 5.41) is 6.46. The molecule has 0 spiro atoms. The maximum atomic E-state index is 11.9. The van der Waals surface area contributed by atoms with Crippen LogP contribution >= 0.6 is 0 Å². The monoisotopic (exact) mass is 414 g/mol. The third kappa shape index (κ3) is 6.21. The molecule has 3 rings (SSSR count). The maximum absolute atomic E-state index is 11.9. The van der Waals surface area contributed by atoms with Crippen LogP contribution in [0.25, 0.3) is 0 Å². The molecule has 0 radical (unpaired) electrons. The Morgan fingerprint density at radius 2 is 1.87 bits per heavy atom. The zero-order valence-corrected chi connectivity index (χ0v) is 18.2. The predicted molar refractivity (Wildman–Crippen MR) is 117 cm³/mol. The fraction of sp³-hybridized carbons (Fsp3) is 0.609. The zero-order valence-electron chi connectivity index (χ0n) is 18.2. The Hall–Kier alpha value is -2.57. The van der Waals surface area contributed by atoms with Crippen molar-refractivity contribution in [2.24, 2.45) is 4.99 Å². The molecular formula is C23H34N4O3. The fourth-order valence-corrected chi connectivity index (χ4v) is 3.93. The number of carbonyl (C=O) groups is 2. The first-order chi connectivity index (χ1) is 14.6. The molecule has 1 aromatic rings. The minimum absolute atomic E-state index is 0.0802. The molecule has 7 nitrogen and oxygen atoms in total. The van der Waals surface area contributed by atoms with Crippen LogP contribution in [0.1, 0.15) is 63.0 Å². The Morgan fingerprint density at radius 3 is 2.57 bits per heavy atom. The summed E-state index contributed by atoms with van der Waals surface area (Å²) in [7, 11) is 0. The minimum atomic E-state index is -0.0802. The van der Waals surface area contributed by atoms with Crippen LogP contribution in [0.4, 0.5) is 0 Å². The van der Waals surface area contributed by atoms with E-state index in [4.69, 9.17) is 9.73 Å². The highest BCUT2D eigenvalue weighted by molar-refractivity contribution is 5.97. The van der Waals surface area contributed by atoms with Gasteiger partial charge in [0.1, 0.15) is 5.75 Å². The van der Waals surface area contributed by atoms with Gasteiger partial charge in [0, 0.05) is 38.0 Å². The molecule has 2 amide bonds. The molecular weight excluding hydrogens is 380 g/mol. The predicted octanol–water partition coefficient (Wildman–Crippen LogP) is 2.91. The summed E-state index contributed by atoms with van der Waals surface area (Å²) in [6.45, 7) is 6.15. The first-order valence-corrected chi connectivity index (χ1v) is 11.2. The average molecular weight is 415 g/mol. The van der Waals surface area contributed by atoms with Gasteiger partial charge in [0.05, 0.1) is 12.6 Å². The number of rotatable bonds is 8. The van der Waals surface area contributed by atoms with Crippen molar-refractivity contribution in [1.82, 2.24) is 15.5 Å². The topological polar surface area (TPSA) is 83.0 Å². The molecule has 1 saturated carbocycles. The van der Waals surface area contributed by atoms with Crippen molar-refractivity contribution in [2.75, 3.05) is 19.6 Å². The Labute approximate surface area is 179 Å². The summed E-state index contributed by atoms with van der Waals surface area (Å²) < 4.78 is 6.27. The van der Waals surface area contributed by atoms with Crippen molar-refractivity contribution in [3.63, 3.8) is 0 Å². The molecule has 0 bridgehead atoms. The third-order valence-corrected chi connectivity index (χ3v) is 5.58. The maximum Gasteiger partial charge on any atom is 0.229 e. The molecule has 1 aliphatic heterocycles. The van der Waals surface area contributed by atoms with Crippen molar-refractivity contribution in [3.8, 4) is 5.75 Å². The number of hydrogen-bond acceptors (Lipinski definition) is 4. The van der Waals surface area contributed by atoms with Gasteiger partial charge < -0.3 is 15.4 Å². The number of aliphatic imine (C=N–C) groups is 1. The normalized spacial score (nSPS) is 18.1. The van der Waals surface area contributed by atoms with Crippen LogP contribution < -0.4 is 15.4 Å². The van der Waals surface area contributed by atoms with Gasteiger partial charge in [-0.25, -0.2) is 4.99 Å². The third-order valence-electron chi connectivity index (χ3n) is 5.58. The second-order valence-corrected chi connectivity index (χ2v) is 8.05. The summed E-state index contributed by atoms with van der Waals surface area (Å²) in [4.78, 5) is 29.9. The number of nitrogens with one attached hydrogen (secondary N) is 2. The Morgan fingerprint density at radius 1 is 1.13 bits per heavy atom. The number of guanidine groups is 1. The van der Waals surface area contributed by atoms with E-state index in [1.54, 1.807) is 0 Å². The Kier molecular flexibility index (Phi) is 8.11. The van der Waals surface area contributed by atoms with Crippen LogP contribution in [0.5, 0.6) is 5.75 Å².